The molecule has 0 aliphatic carbocycles. The molecule has 0 atom stereocenters. The number of benzene rings is 2. The quantitative estimate of drug-likeness (QED) is 0.375. The van der Waals surface area contributed by atoms with E-state index in [2.05, 4.69) is 5.32 Å². The zero-order chi connectivity index (χ0) is 18.1. The van der Waals surface area contributed by atoms with E-state index in [1.807, 2.05) is 0 Å². The third-order valence-corrected chi connectivity index (χ3v) is 5.75. The van der Waals surface area contributed by atoms with Crippen LogP contribution in [-0.2, 0) is 15.1 Å². The molecule has 2 rings (SSSR count). The minimum atomic E-state index is -5.47. The van der Waals surface area contributed by atoms with Gasteiger partial charge in [-0.15, -0.1) is 0 Å². The first-order valence-electron chi connectivity index (χ1n) is 7.14. The van der Waals surface area contributed by atoms with E-state index in [-0.39, 0.29) is 21.4 Å². The first-order valence-corrected chi connectivity index (χ1v) is 10.5. The Balaban J connectivity index is 2.80. The number of phenolic OH excluding ortho intramolecular Hbond substituents is 1. The van der Waals surface area contributed by atoms with Gasteiger partial charge in [-0.1, -0.05) is 0 Å². The Labute approximate surface area is 142 Å². The van der Waals surface area contributed by atoms with Crippen LogP contribution in [0.3, 0.4) is 0 Å². The van der Waals surface area contributed by atoms with Crippen LogP contribution in [0.5, 0.6) is 5.75 Å². The van der Waals surface area contributed by atoms with E-state index >= 15 is 0 Å². The molecule has 0 aliphatic rings. The number of phenols is 1. The van der Waals surface area contributed by atoms with Crippen molar-refractivity contribution >= 4 is 30.1 Å². The van der Waals surface area contributed by atoms with Gasteiger partial charge in [0, 0.05) is 0 Å². The van der Waals surface area contributed by atoms with E-state index in [9.17, 15) is 21.8 Å². The molecule has 8 heteroatoms. The van der Waals surface area contributed by atoms with E-state index in [1.54, 1.807) is 31.2 Å². The number of nitrogens with two attached hydrogens (primary N) is 1. The topological polar surface area (TPSA) is 133 Å². The van der Waals surface area contributed by atoms with Gasteiger partial charge in [0.1, 0.15) is 0 Å². The fourth-order valence-corrected chi connectivity index (χ4v) is 4.45. The van der Waals surface area contributed by atoms with Gasteiger partial charge in [0.05, 0.1) is 0 Å². The van der Waals surface area contributed by atoms with Crippen LogP contribution in [0.1, 0.15) is 18.1 Å². The van der Waals surface area contributed by atoms with Gasteiger partial charge in [0.25, 0.3) is 0 Å². The van der Waals surface area contributed by atoms with Gasteiger partial charge in [0.2, 0.25) is 0 Å². The number of amides is 1. The maximum atomic E-state index is 12.1. The second kappa shape index (κ2) is 6.83. The molecule has 0 unspecified atom stereocenters. The first kappa shape index (κ1) is 18.3. The van der Waals surface area contributed by atoms with Gasteiger partial charge < -0.3 is 0 Å². The fraction of sp³-hybridized carbons (Fsp3) is 0.188. The number of hydrogen-bond acceptors (Lipinski definition) is 4. The second-order valence-corrected chi connectivity index (χ2v) is 8.66. The molecule has 24 heavy (non-hydrogen) atoms. The van der Waals surface area contributed by atoms with Crippen LogP contribution in [0, 0.1) is 6.92 Å². The molecule has 0 spiro atoms. The summed E-state index contributed by atoms with van der Waals surface area (Å²) in [4.78, 5) is 11.4. The third kappa shape index (κ3) is 3.71. The summed E-state index contributed by atoms with van der Waals surface area (Å²) in [7, 11) is 0. The van der Waals surface area contributed by atoms with Crippen LogP contribution in [0.25, 0.3) is 11.1 Å². The van der Waals surface area contributed by atoms with Crippen molar-refractivity contribution in [3.05, 3.63) is 41.5 Å². The molecule has 0 fully saturated rings. The Morgan fingerprint density at radius 3 is 2.29 bits per heavy atom. The Morgan fingerprint density at radius 1 is 1.25 bits per heavy atom. The van der Waals surface area contributed by atoms with Crippen LogP contribution in [0.15, 0.2) is 30.3 Å². The van der Waals surface area contributed by atoms with Crippen molar-refractivity contribution in [1.82, 2.24) is 0 Å². The standard InChI is InChI=1S/C16H19AsN2O5/c1-9-7-13(12-5-3-11(8-18)4-6-12)14(17(22,23)24)15(16(9)21)19-10(2)20/h3-7,21H,8,18H2,1-2H3,(H,19,20)(H2,22,23,24). The van der Waals surface area contributed by atoms with Crippen molar-refractivity contribution in [1.29, 1.82) is 0 Å². The Bertz CT molecular complexity index is 827. The number of hydrogen-bond donors (Lipinski definition) is 5. The van der Waals surface area contributed by atoms with E-state index < -0.39 is 20.1 Å². The van der Waals surface area contributed by atoms with Crippen molar-refractivity contribution in [2.24, 2.45) is 5.73 Å². The zero-order valence-electron chi connectivity index (χ0n) is 13.3. The second-order valence-electron chi connectivity index (χ2n) is 5.44. The number of aryl methyl sites for hydroxylation is 1. The summed E-state index contributed by atoms with van der Waals surface area (Å²) in [5.41, 5.74) is 7.41. The molecule has 0 aromatic heterocycles. The van der Waals surface area contributed by atoms with Crippen LogP contribution in [0.4, 0.5) is 5.69 Å². The Kier molecular flexibility index (Phi) is 5.20. The van der Waals surface area contributed by atoms with Gasteiger partial charge in [-0.05, 0) is 0 Å². The molecule has 2 aromatic rings. The van der Waals surface area contributed by atoms with Gasteiger partial charge in [-0.3, -0.25) is 0 Å². The van der Waals surface area contributed by atoms with Crippen molar-refractivity contribution in [2.75, 3.05) is 5.32 Å². The molecule has 1 amide bonds. The van der Waals surface area contributed by atoms with E-state index in [0.29, 0.717) is 17.7 Å². The Morgan fingerprint density at radius 2 is 1.83 bits per heavy atom. The molecule has 0 heterocycles. The third-order valence-electron chi connectivity index (χ3n) is 3.56. The SMILES string of the molecule is CC(=O)Nc1c(O)c(C)cc(-c2ccc(CN)cc2)c1[As](=O)(O)O. The average molecular weight is 394 g/mol. The van der Waals surface area contributed by atoms with Crippen LogP contribution >= 0.6 is 0 Å². The molecule has 128 valence electrons. The minimum absolute atomic E-state index is 0.243. The van der Waals surface area contributed by atoms with Gasteiger partial charge in [0.15, 0.2) is 0 Å². The molecule has 0 aliphatic heterocycles. The number of carbonyl (C=O) groups excluding carboxylic acids is 1. The van der Waals surface area contributed by atoms with Crippen LogP contribution in [-0.4, -0.2) is 33.4 Å². The maximum absolute atomic E-state index is 12.1. The zero-order valence-corrected chi connectivity index (χ0v) is 15.2. The predicted octanol–water partition coefficient (Wildman–Crippen LogP) is 0.346. The molecule has 6 N–H and O–H groups in total. The van der Waals surface area contributed by atoms with E-state index in [4.69, 9.17) is 5.73 Å². The molecular formula is C16H19AsN2O5. The summed E-state index contributed by atoms with van der Waals surface area (Å²) in [6.45, 7) is 3.14. The predicted molar refractivity (Wildman–Crippen MR) is 91.0 cm³/mol. The number of carbonyl (C=O) groups is 1. The molecular weight excluding hydrogens is 375 g/mol. The summed E-state index contributed by atoms with van der Waals surface area (Å²) >= 11 is -5.47. The molecule has 0 saturated heterocycles. The summed E-state index contributed by atoms with van der Waals surface area (Å²) in [5, 5.41) is 12.5. The van der Waals surface area contributed by atoms with Crippen molar-refractivity contribution in [2.45, 2.75) is 20.4 Å². The number of rotatable bonds is 4. The average Bonchev–Trinajstić information content (AvgIpc) is 2.50. The number of nitrogens with one attached hydrogen (secondary N) is 1. The monoisotopic (exact) mass is 394 g/mol. The van der Waals surface area contributed by atoms with Crippen molar-refractivity contribution in [3.63, 3.8) is 0 Å². The summed E-state index contributed by atoms with van der Waals surface area (Å²) < 4.78 is 31.4. The molecule has 0 bridgehead atoms. The molecule has 7 nitrogen and oxygen atoms in total. The first-order chi connectivity index (χ1) is 11.1. The van der Waals surface area contributed by atoms with Gasteiger partial charge >= 0.3 is 142 Å². The number of aromatic hydroxyl groups is 1. The van der Waals surface area contributed by atoms with Crippen LogP contribution < -0.4 is 15.4 Å². The fourth-order valence-electron chi connectivity index (χ4n) is 2.43. The van der Waals surface area contributed by atoms with Crippen LogP contribution in [0.2, 0.25) is 0 Å². The van der Waals surface area contributed by atoms with Crippen molar-refractivity contribution in [3.8, 4) is 16.9 Å². The Hall–Kier alpha value is -2.05. The number of anilines is 1. The molecule has 0 radical (unpaired) electrons. The van der Waals surface area contributed by atoms with E-state index in [0.717, 1.165) is 5.56 Å². The van der Waals surface area contributed by atoms with Gasteiger partial charge in [-0.2, -0.15) is 0 Å². The summed E-state index contributed by atoms with van der Waals surface area (Å²) in [6, 6.07) is 8.40. The molecule has 2 aromatic carbocycles. The normalized spacial score (nSPS) is 11.4. The van der Waals surface area contributed by atoms with E-state index in [1.165, 1.54) is 13.0 Å². The summed E-state index contributed by atoms with van der Waals surface area (Å²) in [6.07, 6.45) is 0. The molecule has 0 saturated carbocycles. The van der Waals surface area contributed by atoms with Gasteiger partial charge in [-0.25, -0.2) is 0 Å². The van der Waals surface area contributed by atoms with Crippen molar-refractivity contribution < 1.29 is 21.8 Å². The summed E-state index contributed by atoms with van der Waals surface area (Å²) in [5.74, 6) is -0.891.